The van der Waals surface area contributed by atoms with Crippen molar-refractivity contribution in [1.82, 2.24) is 5.32 Å². The number of nitrogens with one attached hydrogen (secondary N) is 1. The third-order valence-corrected chi connectivity index (χ3v) is 1.80. The van der Waals surface area contributed by atoms with Crippen molar-refractivity contribution >= 4 is 5.97 Å². The third kappa shape index (κ3) is 8.23. The molecule has 0 aromatic rings. The number of carbonyl (C=O) groups is 1. The van der Waals surface area contributed by atoms with E-state index in [2.05, 4.69) is 5.32 Å². The first-order valence-electron chi connectivity index (χ1n) is 4.75. The highest BCUT2D eigenvalue weighted by atomic mass is 19.4. The van der Waals surface area contributed by atoms with Crippen molar-refractivity contribution in [2.75, 3.05) is 6.54 Å². The van der Waals surface area contributed by atoms with Gasteiger partial charge in [0.2, 0.25) is 0 Å². The Kier molecular flexibility index (Phi) is 5.64. The summed E-state index contributed by atoms with van der Waals surface area (Å²) in [5.74, 6) is -0.977. The van der Waals surface area contributed by atoms with Crippen molar-refractivity contribution in [3.05, 3.63) is 0 Å². The predicted octanol–water partition coefficient (Wildman–Crippen LogP) is 2.03. The monoisotopic (exact) mass is 227 g/mol. The molecule has 1 atom stereocenters. The molecule has 0 saturated heterocycles. The number of hydrogen-bond donors (Lipinski definition) is 2. The Bertz CT molecular complexity index is 204. The van der Waals surface area contributed by atoms with E-state index < -0.39 is 24.6 Å². The second-order valence-corrected chi connectivity index (χ2v) is 3.84. The Balaban J connectivity index is 3.92. The van der Waals surface area contributed by atoms with Crippen molar-refractivity contribution in [1.29, 1.82) is 0 Å². The Morgan fingerprint density at radius 3 is 2.27 bits per heavy atom. The molecule has 0 aliphatic carbocycles. The molecule has 3 nitrogen and oxygen atoms in total. The highest BCUT2D eigenvalue weighted by Crippen LogP contribution is 2.18. The fourth-order valence-corrected chi connectivity index (χ4v) is 1.13. The molecule has 0 heterocycles. The van der Waals surface area contributed by atoms with Gasteiger partial charge in [-0.3, -0.25) is 4.79 Å². The van der Waals surface area contributed by atoms with Crippen molar-refractivity contribution in [2.24, 2.45) is 5.92 Å². The molecule has 0 spiro atoms. The van der Waals surface area contributed by atoms with Crippen LogP contribution in [0.15, 0.2) is 0 Å². The van der Waals surface area contributed by atoms with Gasteiger partial charge in [0.25, 0.3) is 0 Å². The van der Waals surface area contributed by atoms with Crippen LogP contribution in [0.25, 0.3) is 0 Å². The molecule has 0 aliphatic rings. The molecule has 15 heavy (non-hydrogen) atoms. The lowest BCUT2D eigenvalue weighted by Crippen LogP contribution is -2.39. The molecule has 0 aromatic carbocycles. The maximum atomic E-state index is 11.8. The normalized spacial score (nSPS) is 14.3. The lowest BCUT2D eigenvalue weighted by Gasteiger charge is -2.16. The number of rotatable bonds is 6. The summed E-state index contributed by atoms with van der Waals surface area (Å²) in [6.45, 7) is 3.29. The summed E-state index contributed by atoms with van der Waals surface area (Å²) in [5, 5.41) is 11.1. The van der Waals surface area contributed by atoms with Crippen LogP contribution in [0.5, 0.6) is 0 Å². The number of halogens is 3. The molecular weight excluding hydrogens is 211 g/mol. The Morgan fingerprint density at radius 1 is 1.40 bits per heavy atom. The van der Waals surface area contributed by atoms with Crippen LogP contribution in [0, 0.1) is 5.92 Å². The van der Waals surface area contributed by atoms with E-state index in [1.165, 1.54) is 0 Å². The van der Waals surface area contributed by atoms with Crippen LogP contribution in [-0.2, 0) is 4.79 Å². The maximum absolute atomic E-state index is 11.8. The minimum absolute atomic E-state index is 0.129. The highest BCUT2D eigenvalue weighted by Gasteiger charge is 2.27. The second kappa shape index (κ2) is 5.95. The second-order valence-electron chi connectivity index (χ2n) is 3.84. The van der Waals surface area contributed by atoms with Gasteiger partial charge in [-0.1, -0.05) is 13.8 Å². The van der Waals surface area contributed by atoms with E-state index in [0.717, 1.165) is 0 Å². The fraction of sp³-hybridized carbons (Fsp3) is 0.889. The molecule has 1 unspecified atom stereocenters. The topological polar surface area (TPSA) is 49.3 Å². The van der Waals surface area contributed by atoms with Crippen LogP contribution in [0.2, 0.25) is 0 Å². The van der Waals surface area contributed by atoms with Gasteiger partial charge < -0.3 is 10.4 Å². The first-order chi connectivity index (χ1) is 6.72. The molecule has 0 aliphatic heterocycles. The summed E-state index contributed by atoms with van der Waals surface area (Å²) in [4.78, 5) is 10.6. The minimum Gasteiger partial charge on any atom is -0.480 e. The zero-order valence-electron chi connectivity index (χ0n) is 8.77. The standard InChI is InChI=1S/C9H16F3NO2/c1-6(2)5-7(8(14)15)13-4-3-9(10,11)12/h6-7,13H,3-5H2,1-2H3,(H,14,15). The van der Waals surface area contributed by atoms with Crippen LogP contribution in [0.3, 0.4) is 0 Å². The molecule has 0 amide bonds. The molecular formula is C9H16F3NO2. The van der Waals surface area contributed by atoms with E-state index in [-0.39, 0.29) is 12.5 Å². The van der Waals surface area contributed by atoms with E-state index in [1.54, 1.807) is 0 Å². The lowest BCUT2D eigenvalue weighted by atomic mass is 10.0. The van der Waals surface area contributed by atoms with Gasteiger partial charge in [0.1, 0.15) is 6.04 Å². The van der Waals surface area contributed by atoms with Gasteiger partial charge in [-0.05, 0) is 12.3 Å². The van der Waals surface area contributed by atoms with Gasteiger partial charge in [-0.2, -0.15) is 13.2 Å². The Morgan fingerprint density at radius 2 is 1.93 bits per heavy atom. The molecule has 0 rings (SSSR count). The first kappa shape index (κ1) is 14.2. The minimum atomic E-state index is -4.24. The third-order valence-electron chi connectivity index (χ3n) is 1.80. The number of carboxylic acid groups (broad SMARTS) is 1. The zero-order valence-corrected chi connectivity index (χ0v) is 8.77. The van der Waals surface area contributed by atoms with Crippen molar-refractivity contribution < 1.29 is 23.1 Å². The largest absolute Gasteiger partial charge is 0.480 e. The highest BCUT2D eigenvalue weighted by molar-refractivity contribution is 5.73. The SMILES string of the molecule is CC(C)CC(NCCC(F)(F)F)C(=O)O. The quantitative estimate of drug-likeness (QED) is 0.730. The molecule has 6 heteroatoms. The number of carboxylic acids is 1. The predicted molar refractivity (Wildman–Crippen MR) is 49.6 cm³/mol. The van der Waals surface area contributed by atoms with Gasteiger partial charge in [-0.15, -0.1) is 0 Å². The van der Waals surface area contributed by atoms with Crippen LogP contribution < -0.4 is 5.32 Å². The molecule has 0 fully saturated rings. The molecule has 0 bridgehead atoms. The Labute approximate surface area is 86.7 Å². The summed E-state index contributed by atoms with van der Waals surface area (Å²) in [6.07, 6.45) is -4.92. The van der Waals surface area contributed by atoms with Gasteiger partial charge in [0, 0.05) is 6.54 Å². The van der Waals surface area contributed by atoms with Gasteiger partial charge in [0.15, 0.2) is 0 Å². The van der Waals surface area contributed by atoms with Crippen LogP contribution >= 0.6 is 0 Å². The molecule has 90 valence electrons. The maximum Gasteiger partial charge on any atom is 0.390 e. The number of alkyl halides is 3. The first-order valence-corrected chi connectivity index (χ1v) is 4.75. The Hall–Kier alpha value is -0.780. The van der Waals surface area contributed by atoms with Crippen LogP contribution in [0.4, 0.5) is 13.2 Å². The lowest BCUT2D eigenvalue weighted by molar-refractivity contribution is -0.142. The van der Waals surface area contributed by atoms with Gasteiger partial charge in [-0.25, -0.2) is 0 Å². The van der Waals surface area contributed by atoms with E-state index in [0.29, 0.717) is 6.42 Å². The average molecular weight is 227 g/mol. The molecule has 0 saturated carbocycles. The molecule has 0 aromatic heterocycles. The van der Waals surface area contributed by atoms with Crippen molar-refractivity contribution in [3.63, 3.8) is 0 Å². The van der Waals surface area contributed by atoms with Crippen molar-refractivity contribution in [2.45, 2.75) is 38.9 Å². The molecule has 2 N–H and O–H groups in total. The zero-order chi connectivity index (χ0) is 12.1. The van der Waals surface area contributed by atoms with E-state index >= 15 is 0 Å². The number of aliphatic carboxylic acids is 1. The van der Waals surface area contributed by atoms with Gasteiger partial charge >= 0.3 is 12.1 Å². The van der Waals surface area contributed by atoms with Gasteiger partial charge in [0.05, 0.1) is 6.42 Å². The summed E-state index contributed by atoms with van der Waals surface area (Å²) in [7, 11) is 0. The summed E-state index contributed by atoms with van der Waals surface area (Å²) in [5.41, 5.74) is 0. The average Bonchev–Trinajstić information content (AvgIpc) is 1.99. The van der Waals surface area contributed by atoms with E-state index in [4.69, 9.17) is 5.11 Å². The fourth-order valence-electron chi connectivity index (χ4n) is 1.13. The smallest absolute Gasteiger partial charge is 0.390 e. The van der Waals surface area contributed by atoms with E-state index in [9.17, 15) is 18.0 Å². The summed E-state index contributed by atoms with van der Waals surface area (Å²) >= 11 is 0. The molecule has 0 radical (unpaired) electrons. The number of hydrogen-bond acceptors (Lipinski definition) is 2. The van der Waals surface area contributed by atoms with Crippen LogP contribution in [0.1, 0.15) is 26.7 Å². The van der Waals surface area contributed by atoms with E-state index in [1.807, 2.05) is 13.8 Å². The van der Waals surface area contributed by atoms with Crippen molar-refractivity contribution in [3.8, 4) is 0 Å². The van der Waals surface area contributed by atoms with Crippen LogP contribution in [-0.4, -0.2) is 29.8 Å². The summed E-state index contributed by atoms with van der Waals surface area (Å²) in [6, 6.07) is -0.896. The summed E-state index contributed by atoms with van der Waals surface area (Å²) < 4.78 is 35.3.